The average molecular weight is 270 g/mol. The Morgan fingerprint density at radius 2 is 2.12 bits per heavy atom. The smallest absolute Gasteiger partial charge is 0.138 e. The first-order valence-electron chi connectivity index (χ1n) is 5.10. The summed E-state index contributed by atoms with van der Waals surface area (Å²) in [5.41, 5.74) is 1.87. The van der Waals surface area contributed by atoms with Crippen molar-refractivity contribution in [3.05, 3.63) is 45.9 Å². The van der Waals surface area contributed by atoms with Crippen LogP contribution in [0.25, 0.3) is 0 Å². The van der Waals surface area contributed by atoms with E-state index in [2.05, 4.69) is 9.59 Å². The van der Waals surface area contributed by atoms with Crippen LogP contribution in [0.1, 0.15) is 11.3 Å². The number of hydrogen-bond donors (Lipinski definition) is 0. The molecule has 2 rings (SSSR count). The van der Waals surface area contributed by atoms with Crippen molar-refractivity contribution in [2.45, 2.75) is 13.2 Å². The van der Waals surface area contributed by atoms with Gasteiger partial charge in [0.15, 0.2) is 0 Å². The number of aromatic nitrogens is 2. The number of halogens is 1. The van der Waals surface area contributed by atoms with Gasteiger partial charge >= 0.3 is 0 Å². The van der Waals surface area contributed by atoms with Crippen molar-refractivity contribution in [1.82, 2.24) is 14.7 Å². The number of rotatable bonds is 5. The Hall–Kier alpha value is -1.01. The monoisotopic (exact) mass is 269 g/mol. The first kappa shape index (κ1) is 12.4. The molecule has 0 atom stereocenters. The van der Waals surface area contributed by atoms with Crippen molar-refractivity contribution in [2.24, 2.45) is 0 Å². The largest absolute Gasteiger partial charge is 0.294 e. The standard InChI is InChI=1S/C11H12ClN3OS/c1-15(7-10-11(12)17-14-13-10)16-8-9-5-3-2-4-6-9/h2-6H,7-8H2,1H3. The van der Waals surface area contributed by atoms with E-state index in [-0.39, 0.29) is 0 Å². The van der Waals surface area contributed by atoms with Crippen LogP contribution in [-0.2, 0) is 18.0 Å². The molecule has 90 valence electrons. The third-order valence-corrected chi connectivity index (χ3v) is 3.16. The molecule has 0 spiro atoms. The molecule has 0 aliphatic rings. The summed E-state index contributed by atoms with van der Waals surface area (Å²) < 4.78 is 4.38. The van der Waals surface area contributed by atoms with Gasteiger partial charge in [-0.3, -0.25) is 4.84 Å². The summed E-state index contributed by atoms with van der Waals surface area (Å²) in [5, 5.41) is 5.63. The summed E-state index contributed by atoms with van der Waals surface area (Å²) in [6.07, 6.45) is 0. The van der Waals surface area contributed by atoms with Crippen LogP contribution in [-0.4, -0.2) is 21.7 Å². The zero-order valence-corrected chi connectivity index (χ0v) is 10.9. The van der Waals surface area contributed by atoms with E-state index in [1.165, 1.54) is 11.5 Å². The summed E-state index contributed by atoms with van der Waals surface area (Å²) in [6, 6.07) is 9.99. The molecule has 1 heterocycles. The molecule has 0 saturated carbocycles. The van der Waals surface area contributed by atoms with E-state index in [9.17, 15) is 0 Å². The van der Waals surface area contributed by atoms with Gasteiger partial charge in [-0.25, -0.2) is 0 Å². The van der Waals surface area contributed by atoms with Crippen molar-refractivity contribution >= 4 is 23.1 Å². The number of hydrogen-bond acceptors (Lipinski definition) is 5. The van der Waals surface area contributed by atoms with E-state index in [1.807, 2.05) is 37.4 Å². The molecule has 0 amide bonds. The summed E-state index contributed by atoms with van der Waals surface area (Å²) in [4.78, 5) is 5.57. The minimum atomic E-state index is 0.530. The van der Waals surface area contributed by atoms with Crippen LogP contribution in [0.2, 0.25) is 4.34 Å². The molecule has 0 N–H and O–H groups in total. The van der Waals surface area contributed by atoms with Crippen LogP contribution < -0.4 is 0 Å². The summed E-state index contributed by atoms with van der Waals surface area (Å²) in [7, 11) is 1.85. The minimum absolute atomic E-state index is 0.530. The Kier molecular flexibility index (Phi) is 4.44. The van der Waals surface area contributed by atoms with E-state index in [4.69, 9.17) is 16.4 Å². The highest BCUT2D eigenvalue weighted by Crippen LogP contribution is 2.18. The Bertz CT molecular complexity index is 463. The van der Waals surface area contributed by atoms with Gasteiger partial charge in [-0.05, 0) is 5.56 Å². The molecule has 2 aromatic rings. The van der Waals surface area contributed by atoms with Crippen molar-refractivity contribution in [1.29, 1.82) is 0 Å². The van der Waals surface area contributed by atoms with Crippen LogP contribution in [0, 0.1) is 0 Å². The van der Waals surface area contributed by atoms with E-state index in [0.29, 0.717) is 17.5 Å². The van der Waals surface area contributed by atoms with Crippen LogP contribution in [0.15, 0.2) is 30.3 Å². The molecular weight excluding hydrogens is 258 g/mol. The van der Waals surface area contributed by atoms with Gasteiger partial charge < -0.3 is 0 Å². The van der Waals surface area contributed by atoms with Crippen LogP contribution >= 0.6 is 23.1 Å². The van der Waals surface area contributed by atoms with Gasteiger partial charge in [0.1, 0.15) is 10.0 Å². The fourth-order valence-electron chi connectivity index (χ4n) is 1.31. The zero-order chi connectivity index (χ0) is 12.1. The first-order chi connectivity index (χ1) is 8.25. The average Bonchev–Trinajstić information content (AvgIpc) is 2.74. The molecule has 0 radical (unpaired) electrons. The predicted octanol–water partition coefficient (Wildman–Crippen LogP) is 2.76. The molecule has 17 heavy (non-hydrogen) atoms. The number of hydroxylamine groups is 2. The predicted molar refractivity (Wildman–Crippen MR) is 67.6 cm³/mol. The van der Waals surface area contributed by atoms with Gasteiger partial charge in [0.05, 0.1) is 13.2 Å². The second kappa shape index (κ2) is 6.07. The van der Waals surface area contributed by atoms with Crippen LogP contribution in [0.4, 0.5) is 0 Å². The Labute approximate surface area is 109 Å². The lowest BCUT2D eigenvalue weighted by atomic mass is 10.2. The maximum atomic E-state index is 5.91. The quantitative estimate of drug-likeness (QED) is 0.783. The molecule has 0 unspecified atom stereocenters. The van der Waals surface area contributed by atoms with Crippen molar-refractivity contribution < 1.29 is 4.84 Å². The van der Waals surface area contributed by atoms with Crippen LogP contribution in [0.3, 0.4) is 0 Å². The molecule has 4 nitrogen and oxygen atoms in total. The van der Waals surface area contributed by atoms with Gasteiger partial charge in [-0.2, -0.15) is 5.06 Å². The molecule has 0 bridgehead atoms. The highest BCUT2D eigenvalue weighted by molar-refractivity contribution is 7.10. The minimum Gasteiger partial charge on any atom is -0.294 e. The fourth-order valence-corrected chi connectivity index (χ4v) is 1.92. The zero-order valence-electron chi connectivity index (χ0n) is 9.34. The molecule has 0 aliphatic heterocycles. The third kappa shape index (κ3) is 3.74. The Morgan fingerprint density at radius 3 is 2.76 bits per heavy atom. The van der Waals surface area contributed by atoms with E-state index in [0.717, 1.165) is 11.3 Å². The van der Waals surface area contributed by atoms with Crippen LogP contribution in [0.5, 0.6) is 0 Å². The molecule has 1 aromatic heterocycles. The van der Waals surface area contributed by atoms with Gasteiger partial charge in [-0.1, -0.05) is 46.4 Å². The summed E-state index contributed by atoms with van der Waals surface area (Å²) >= 11 is 7.10. The molecule has 0 saturated heterocycles. The topological polar surface area (TPSA) is 38.2 Å². The lowest BCUT2D eigenvalue weighted by Crippen LogP contribution is -2.18. The molecule has 6 heteroatoms. The first-order valence-corrected chi connectivity index (χ1v) is 6.25. The van der Waals surface area contributed by atoms with E-state index >= 15 is 0 Å². The van der Waals surface area contributed by atoms with E-state index < -0.39 is 0 Å². The SMILES string of the molecule is CN(Cc1nnsc1Cl)OCc1ccccc1. The lowest BCUT2D eigenvalue weighted by Gasteiger charge is -2.15. The second-order valence-electron chi connectivity index (χ2n) is 3.54. The molecule has 0 aliphatic carbocycles. The molecule has 0 fully saturated rings. The fraction of sp³-hybridized carbons (Fsp3) is 0.273. The van der Waals surface area contributed by atoms with Gasteiger partial charge in [0.2, 0.25) is 0 Å². The van der Waals surface area contributed by atoms with Crippen molar-refractivity contribution in [3.63, 3.8) is 0 Å². The van der Waals surface area contributed by atoms with E-state index in [1.54, 1.807) is 5.06 Å². The molecule has 1 aromatic carbocycles. The number of nitrogens with zero attached hydrogens (tertiary/aromatic N) is 3. The number of benzene rings is 1. The Morgan fingerprint density at radius 1 is 1.35 bits per heavy atom. The van der Waals surface area contributed by atoms with Gasteiger partial charge in [-0.15, -0.1) is 5.10 Å². The normalized spacial score (nSPS) is 11.0. The van der Waals surface area contributed by atoms with Gasteiger partial charge in [0, 0.05) is 18.6 Å². The second-order valence-corrected chi connectivity index (χ2v) is 4.89. The maximum absolute atomic E-state index is 5.91. The maximum Gasteiger partial charge on any atom is 0.138 e. The Balaban J connectivity index is 1.82. The van der Waals surface area contributed by atoms with Gasteiger partial charge in [0.25, 0.3) is 0 Å². The summed E-state index contributed by atoms with van der Waals surface area (Å²) in [5.74, 6) is 0. The molecular formula is C11H12ClN3OS. The third-order valence-electron chi connectivity index (χ3n) is 2.18. The lowest BCUT2D eigenvalue weighted by molar-refractivity contribution is -0.158. The highest BCUT2D eigenvalue weighted by atomic mass is 35.5. The highest BCUT2D eigenvalue weighted by Gasteiger charge is 2.08. The summed E-state index contributed by atoms with van der Waals surface area (Å²) in [6.45, 7) is 1.06. The van der Waals surface area contributed by atoms with Crippen molar-refractivity contribution in [3.8, 4) is 0 Å². The van der Waals surface area contributed by atoms with Crippen molar-refractivity contribution in [2.75, 3.05) is 7.05 Å².